The lowest BCUT2D eigenvalue weighted by Gasteiger charge is -2.39. The fourth-order valence-corrected chi connectivity index (χ4v) is 6.47. The molecule has 10 heteroatoms. The van der Waals surface area contributed by atoms with Crippen molar-refractivity contribution in [2.75, 3.05) is 25.5 Å². The Hall–Kier alpha value is -2.23. The van der Waals surface area contributed by atoms with Crippen LogP contribution < -0.4 is 10.6 Å². The minimum atomic E-state index is -1.32. The van der Waals surface area contributed by atoms with Crippen LogP contribution in [0.3, 0.4) is 0 Å². The molecule has 0 bridgehead atoms. The maximum atomic E-state index is 15.0. The summed E-state index contributed by atoms with van der Waals surface area (Å²) in [6, 6.07) is 8.50. The van der Waals surface area contributed by atoms with E-state index in [9.17, 15) is 19.1 Å². The number of benzene rings is 2. The molecule has 1 saturated heterocycles. The van der Waals surface area contributed by atoms with Gasteiger partial charge in [0.25, 0.3) is 0 Å². The average molecular weight is 567 g/mol. The summed E-state index contributed by atoms with van der Waals surface area (Å²) < 4.78 is 15.0. The topological polar surface area (TPSA) is 102 Å². The molecule has 4 N–H and O–H groups in total. The zero-order valence-electron chi connectivity index (χ0n) is 21.9. The zero-order chi connectivity index (χ0) is 28.0. The summed E-state index contributed by atoms with van der Waals surface area (Å²) in [4.78, 5) is 29.9. The summed E-state index contributed by atoms with van der Waals surface area (Å²) >= 11 is 12.5. The van der Waals surface area contributed by atoms with Crippen LogP contribution in [-0.2, 0) is 15.0 Å². The van der Waals surface area contributed by atoms with Gasteiger partial charge in [0.1, 0.15) is 11.2 Å². The smallest absolute Gasteiger partial charge is 0.238 e. The number of rotatable bonds is 7. The number of fused-ring (bicyclic) bond motifs is 2. The largest absolute Gasteiger partial charge is 0.394 e. The SMILES string of the molecule is CN1[C@@H](C(=O)NCC[C@H](O)CO)[C@H](c2cccc(Cl)c2)[C@@]2(C(=O)Nc3cc(Cl)c(F)cc32)[C@H]1CC(C)(C)C. The summed E-state index contributed by atoms with van der Waals surface area (Å²) in [5, 5.41) is 25.1. The lowest BCUT2D eigenvalue weighted by Crippen LogP contribution is -2.50. The van der Waals surface area contributed by atoms with Crippen LogP contribution in [0.15, 0.2) is 36.4 Å². The van der Waals surface area contributed by atoms with Gasteiger partial charge in [0.05, 0.1) is 23.8 Å². The number of aliphatic hydroxyl groups is 2. The van der Waals surface area contributed by atoms with E-state index in [1.807, 2.05) is 18.0 Å². The van der Waals surface area contributed by atoms with Crippen molar-refractivity contribution in [3.05, 3.63) is 63.4 Å². The summed E-state index contributed by atoms with van der Waals surface area (Å²) in [6.07, 6.45) is -0.255. The molecule has 0 aromatic heterocycles. The Morgan fingerprint density at radius 3 is 2.61 bits per heavy atom. The van der Waals surface area contributed by atoms with Crippen LogP contribution in [0.25, 0.3) is 0 Å². The Morgan fingerprint density at radius 1 is 1.26 bits per heavy atom. The Bertz CT molecular complexity index is 1240. The molecule has 2 aromatic carbocycles. The molecule has 5 atom stereocenters. The van der Waals surface area contributed by atoms with Gasteiger partial charge in [-0.15, -0.1) is 0 Å². The van der Waals surface area contributed by atoms with Crippen molar-refractivity contribution in [3.63, 3.8) is 0 Å². The lowest BCUT2D eigenvalue weighted by atomic mass is 9.62. The highest BCUT2D eigenvalue weighted by Gasteiger charge is 2.68. The molecule has 0 aliphatic carbocycles. The quantitative estimate of drug-likeness (QED) is 0.405. The molecule has 0 saturated carbocycles. The fourth-order valence-electron chi connectivity index (χ4n) is 6.11. The number of likely N-dealkylation sites (N-methyl/N-ethyl adjacent to an activating group) is 1. The average Bonchev–Trinajstić information content (AvgIpc) is 3.24. The summed E-state index contributed by atoms with van der Waals surface area (Å²) in [5.74, 6) is -2.03. The second-order valence-electron chi connectivity index (χ2n) is 11.5. The molecule has 2 aromatic rings. The van der Waals surface area contributed by atoms with E-state index in [2.05, 4.69) is 31.4 Å². The number of halogens is 3. The van der Waals surface area contributed by atoms with Gasteiger partial charge in [-0.2, -0.15) is 0 Å². The Kier molecular flexibility index (Phi) is 8.13. The van der Waals surface area contributed by atoms with Gasteiger partial charge in [0.15, 0.2) is 0 Å². The summed E-state index contributed by atoms with van der Waals surface area (Å²) in [5.41, 5.74) is -0.000750. The molecule has 0 unspecified atom stereocenters. The van der Waals surface area contributed by atoms with Crippen molar-refractivity contribution < 1.29 is 24.2 Å². The standard InChI is InChI=1S/C28H34Cl2FN3O4/c1-27(2,3)13-22-28(18-11-20(31)19(30)12-21(18)33-26(28)38)23(15-6-5-7-16(29)10-15)24(34(22)4)25(37)32-9-8-17(36)14-35/h5-7,10-12,17,22-24,35-36H,8-9,13-14H2,1-4H3,(H,32,37)(H,33,38)/t17-,22+,23-,24+,28-/m0/s1. The second-order valence-corrected chi connectivity index (χ2v) is 12.3. The maximum Gasteiger partial charge on any atom is 0.238 e. The van der Waals surface area contributed by atoms with Crippen molar-refractivity contribution in [2.45, 2.75) is 63.1 Å². The van der Waals surface area contributed by atoms with Crippen LogP contribution >= 0.6 is 23.2 Å². The van der Waals surface area contributed by atoms with Crippen molar-refractivity contribution in [3.8, 4) is 0 Å². The third-order valence-corrected chi connectivity index (χ3v) is 8.19. The van der Waals surface area contributed by atoms with E-state index in [0.29, 0.717) is 28.3 Å². The highest BCUT2D eigenvalue weighted by atomic mass is 35.5. The van der Waals surface area contributed by atoms with E-state index in [0.717, 1.165) is 0 Å². The predicted molar refractivity (Wildman–Crippen MR) is 146 cm³/mol. The number of hydrogen-bond donors (Lipinski definition) is 4. The van der Waals surface area contributed by atoms with Crippen molar-refractivity contribution >= 4 is 40.7 Å². The second kappa shape index (κ2) is 10.7. The van der Waals surface area contributed by atoms with E-state index in [1.165, 1.54) is 12.1 Å². The van der Waals surface area contributed by atoms with Crippen molar-refractivity contribution in [1.82, 2.24) is 10.2 Å². The zero-order valence-corrected chi connectivity index (χ0v) is 23.4. The van der Waals surface area contributed by atoms with Gasteiger partial charge in [-0.3, -0.25) is 14.5 Å². The van der Waals surface area contributed by atoms with Crippen LogP contribution in [0.2, 0.25) is 10.0 Å². The monoisotopic (exact) mass is 565 g/mol. The molecular weight excluding hydrogens is 532 g/mol. The molecule has 1 spiro atoms. The normalized spacial score (nSPS) is 25.9. The molecule has 0 radical (unpaired) electrons. The minimum Gasteiger partial charge on any atom is -0.394 e. The van der Waals surface area contributed by atoms with Gasteiger partial charge < -0.3 is 20.8 Å². The number of likely N-dealkylation sites (tertiary alicyclic amines) is 1. The van der Waals surface area contributed by atoms with Crippen LogP contribution in [0.5, 0.6) is 0 Å². The molecule has 1 fully saturated rings. The van der Waals surface area contributed by atoms with E-state index in [1.54, 1.807) is 18.2 Å². The first-order chi connectivity index (χ1) is 17.8. The molecule has 38 heavy (non-hydrogen) atoms. The first-order valence-electron chi connectivity index (χ1n) is 12.7. The number of carbonyl (C=O) groups is 2. The highest BCUT2D eigenvalue weighted by Crippen LogP contribution is 2.59. The van der Waals surface area contributed by atoms with Crippen molar-refractivity contribution in [2.24, 2.45) is 5.41 Å². The van der Waals surface area contributed by atoms with Gasteiger partial charge in [-0.1, -0.05) is 56.1 Å². The number of nitrogens with zero attached hydrogens (tertiary/aromatic N) is 1. The molecule has 2 aliphatic rings. The number of carbonyl (C=O) groups excluding carboxylic acids is 2. The van der Waals surface area contributed by atoms with E-state index >= 15 is 0 Å². The number of aliphatic hydroxyl groups excluding tert-OH is 2. The van der Waals surface area contributed by atoms with E-state index in [-0.39, 0.29) is 35.2 Å². The Balaban J connectivity index is 1.94. The van der Waals surface area contributed by atoms with E-state index in [4.69, 9.17) is 28.3 Å². The Morgan fingerprint density at radius 2 is 1.97 bits per heavy atom. The van der Waals surface area contributed by atoms with Crippen LogP contribution in [0.4, 0.5) is 10.1 Å². The highest BCUT2D eigenvalue weighted by molar-refractivity contribution is 6.31. The maximum absolute atomic E-state index is 15.0. The minimum absolute atomic E-state index is 0.101. The van der Waals surface area contributed by atoms with Crippen LogP contribution in [0.1, 0.15) is 50.7 Å². The van der Waals surface area contributed by atoms with Gasteiger partial charge in [-0.05, 0) is 60.7 Å². The number of anilines is 1. The molecule has 7 nitrogen and oxygen atoms in total. The van der Waals surface area contributed by atoms with Crippen molar-refractivity contribution in [1.29, 1.82) is 0 Å². The first kappa shape index (κ1) is 28.8. The Labute approximate surface area is 232 Å². The molecule has 2 heterocycles. The number of hydrogen-bond acceptors (Lipinski definition) is 5. The van der Waals surface area contributed by atoms with Crippen LogP contribution in [0, 0.1) is 11.2 Å². The first-order valence-corrected chi connectivity index (χ1v) is 13.4. The summed E-state index contributed by atoms with van der Waals surface area (Å²) in [7, 11) is 1.81. The lowest BCUT2D eigenvalue weighted by molar-refractivity contribution is -0.126. The van der Waals surface area contributed by atoms with Gasteiger partial charge in [-0.25, -0.2) is 4.39 Å². The molecule has 4 rings (SSSR count). The molecule has 2 aliphatic heterocycles. The van der Waals surface area contributed by atoms with Gasteiger partial charge in [0, 0.05) is 29.2 Å². The predicted octanol–water partition coefficient (Wildman–Crippen LogP) is 4.08. The van der Waals surface area contributed by atoms with Gasteiger partial charge in [0.2, 0.25) is 11.8 Å². The fraction of sp³-hybridized carbons (Fsp3) is 0.500. The third kappa shape index (κ3) is 5.05. The van der Waals surface area contributed by atoms with E-state index < -0.39 is 41.9 Å². The molecule has 206 valence electrons. The third-order valence-electron chi connectivity index (χ3n) is 7.66. The summed E-state index contributed by atoms with van der Waals surface area (Å²) in [6.45, 7) is 5.90. The number of nitrogens with one attached hydrogen (secondary N) is 2. The van der Waals surface area contributed by atoms with Gasteiger partial charge >= 0.3 is 0 Å². The van der Waals surface area contributed by atoms with Crippen LogP contribution in [-0.4, -0.2) is 65.3 Å². The number of amides is 2. The molecular formula is C28H34Cl2FN3O4. The molecule has 2 amide bonds.